The van der Waals surface area contributed by atoms with Crippen molar-refractivity contribution in [1.29, 1.82) is 5.26 Å². The molecule has 4 aromatic rings. The number of aromatic nitrogens is 1. The van der Waals surface area contributed by atoms with E-state index in [1.165, 1.54) is 12.1 Å². The Morgan fingerprint density at radius 2 is 1.60 bits per heavy atom. The van der Waals surface area contributed by atoms with Crippen LogP contribution >= 0.6 is 0 Å². The smallest absolute Gasteiger partial charge is 0.141 e. The summed E-state index contributed by atoms with van der Waals surface area (Å²) in [4.78, 5) is 6.67. The predicted octanol–water partition coefficient (Wildman–Crippen LogP) is 6.50. The van der Waals surface area contributed by atoms with E-state index in [1.807, 2.05) is 56.4 Å². The van der Waals surface area contributed by atoms with E-state index in [0.717, 1.165) is 28.0 Å². The summed E-state index contributed by atoms with van der Waals surface area (Å²) in [5.74, 6) is 1.74. The fourth-order valence-corrected chi connectivity index (χ4v) is 3.86. The van der Waals surface area contributed by atoms with Gasteiger partial charge in [-0.05, 0) is 91.8 Å². The highest BCUT2D eigenvalue weighted by molar-refractivity contribution is 5.62. The van der Waals surface area contributed by atoms with Crippen LogP contribution < -0.4 is 9.47 Å². The maximum atomic E-state index is 13.1. The molecule has 0 atom stereocenters. The van der Waals surface area contributed by atoms with Gasteiger partial charge in [0.2, 0.25) is 0 Å². The highest BCUT2D eigenvalue weighted by Gasteiger charge is 2.11. The van der Waals surface area contributed by atoms with Gasteiger partial charge in [0.15, 0.2) is 0 Å². The zero-order valence-corrected chi connectivity index (χ0v) is 20.0. The molecule has 0 spiro atoms. The van der Waals surface area contributed by atoms with Crippen LogP contribution in [-0.2, 0) is 13.1 Å². The summed E-state index contributed by atoms with van der Waals surface area (Å²) in [7, 11) is 3.72. The van der Waals surface area contributed by atoms with Crippen molar-refractivity contribution in [3.63, 3.8) is 0 Å². The topological polar surface area (TPSA) is 58.4 Å². The molecule has 0 saturated carbocycles. The Bertz CT molecular complexity index is 1350. The predicted molar refractivity (Wildman–Crippen MR) is 134 cm³/mol. The van der Waals surface area contributed by atoms with Gasteiger partial charge < -0.3 is 9.47 Å². The fourth-order valence-electron chi connectivity index (χ4n) is 3.86. The Hall–Kier alpha value is -4.21. The maximum absolute atomic E-state index is 13.1. The Kier molecular flexibility index (Phi) is 7.39. The molecule has 0 aliphatic rings. The van der Waals surface area contributed by atoms with Crippen molar-refractivity contribution in [2.75, 3.05) is 14.2 Å². The van der Waals surface area contributed by atoms with Crippen LogP contribution in [0.5, 0.6) is 17.2 Å². The molecule has 0 aliphatic heterocycles. The van der Waals surface area contributed by atoms with E-state index in [4.69, 9.17) is 9.47 Å². The first-order valence-corrected chi connectivity index (χ1v) is 11.2. The van der Waals surface area contributed by atoms with Crippen LogP contribution in [0.2, 0.25) is 0 Å². The van der Waals surface area contributed by atoms with E-state index >= 15 is 0 Å². The number of benzene rings is 3. The van der Waals surface area contributed by atoms with Crippen LogP contribution in [0.25, 0.3) is 11.3 Å². The molecule has 0 aliphatic carbocycles. The molecule has 176 valence electrons. The highest BCUT2D eigenvalue weighted by atomic mass is 19.1. The number of ether oxygens (including phenoxy) is 2. The van der Waals surface area contributed by atoms with Crippen molar-refractivity contribution in [2.24, 2.45) is 0 Å². The Labute approximate surface area is 205 Å². The minimum atomic E-state index is -0.310. The highest BCUT2D eigenvalue weighted by Crippen LogP contribution is 2.27. The summed E-state index contributed by atoms with van der Waals surface area (Å²) < 4.78 is 24.4. The Balaban J connectivity index is 1.50. The molecule has 5 nitrogen and oxygen atoms in total. The van der Waals surface area contributed by atoms with Crippen molar-refractivity contribution in [2.45, 2.75) is 20.0 Å². The standard InChI is InChI=1S/C29H26FN3O2/c1-20-4-5-23(29(14-20)34-3)19-33(2)18-21-15-25(17-31)32-28(16-21)22-6-10-26(11-7-22)35-27-12-8-24(30)9-13-27/h4-16H,18-19H2,1-3H3. The summed E-state index contributed by atoms with van der Waals surface area (Å²) in [6, 6.07) is 25.5. The van der Waals surface area contributed by atoms with E-state index < -0.39 is 0 Å². The van der Waals surface area contributed by atoms with Gasteiger partial charge in [-0.25, -0.2) is 9.37 Å². The van der Waals surface area contributed by atoms with Crippen LogP contribution in [0.3, 0.4) is 0 Å². The molecule has 0 bridgehead atoms. The van der Waals surface area contributed by atoms with E-state index in [0.29, 0.717) is 36.0 Å². The third-order valence-electron chi connectivity index (χ3n) is 5.53. The lowest BCUT2D eigenvalue weighted by atomic mass is 10.1. The lowest BCUT2D eigenvalue weighted by molar-refractivity contribution is 0.310. The molecule has 0 saturated heterocycles. The lowest BCUT2D eigenvalue weighted by Gasteiger charge is -2.19. The van der Waals surface area contributed by atoms with Gasteiger partial charge in [0, 0.05) is 24.2 Å². The van der Waals surface area contributed by atoms with E-state index in [1.54, 1.807) is 19.2 Å². The van der Waals surface area contributed by atoms with Crippen molar-refractivity contribution in [3.05, 3.63) is 107 Å². The van der Waals surface area contributed by atoms with Gasteiger partial charge in [-0.1, -0.05) is 12.1 Å². The lowest BCUT2D eigenvalue weighted by Crippen LogP contribution is -2.18. The number of hydrogen-bond donors (Lipinski definition) is 0. The average Bonchev–Trinajstić information content (AvgIpc) is 2.86. The Morgan fingerprint density at radius 1 is 0.914 bits per heavy atom. The molecular formula is C29H26FN3O2. The summed E-state index contributed by atoms with van der Waals surface area (Å²) in [6.07, 6.45) is 0. The van der Waals surface area contributed by atoms with Gasteiger partial charge in [0.1, 0.15) is 34.8 Å². The van der Waals surface area contributed by atoms with Gasteiger partial charge in [-0.15, -0.1) is 0 Å². The van der Waals surface area contributed by atoms with Crippen molar-refractivity contribution < 1.29 is 13.9 Å². The van der Waals surface area contributed by atoms with E-state index in [2.05, 4.69) is 28.1 Å². The average molecular weight is 468 g/mol. The number of nitriles is 1. The molecule has 0 unspecified atom stereocenters. The van der Waals surface area contributed by atoms with Crippen molar-refractivity contribution in [3.8, 4) is 34.6 Å². The van der Waals surface area contributed by atoms with Crippen LogP contribution in [0.4, 0.5) is 4.39 Å². The van der Waals surface area contributed by atoms with Crippen LogP contribution in [-0.4, -0.2) is 24.0 Å². The van der Waals surface area contributed by atoms with Gasteiger partial charge in [-0.3, -0.25) is 4.90 Å². The third kappa shape index (κ3) is 6.23. The molecule has 0 radical (unpaired) electrons. The van der Waals surface area contributed by atoms with Crippen LogP contribution in [0, 0.1) is 24.1 Å². The molecule has 0 fully saturated rings. The summed E-state index contributed by atoms with van der Waals surface area (Å²) >= 11 is 0. The molecular weight excluding hydrogens is 441 g/mol. The fraction of sp³-hybridized carbons (Fsp3) is 0.172. The first-order valence-electron chi connectivity index (χ1n) is 11.2. The van der Waals surface area contributed by atoms with Gasteiger partial charge in [0.05, 0.1) is 12.8 Å². The number of halogens is 1. The number of pyridine rings is 1. The monoisotopic (exact) mass is 467 g/mol. The first kappa shape index (κ1) is 23.9. The second-order valence-electron chi connectivity index (χ2n) is 8.43. The largest absolute Gasteiger partial charge is 0.496 e. The molecule has 0 N–H and O–H groups in total. The molecule has 3 aromatic carbocycles. The second-order valence-corrected chi connectivity index (χ2v) is 8.43. The van der Waals surface area contributed by atoms with Gasteiger partial charge in [0.25, 0.3) is 0 Å². The minimum Gasteiger partial charge on any atom is -0.496 e. The minimum absolute atomic E-state index is 0.310. The first-order chi connectivity index (χ1) is 16.9. The summed E-state index contributed by atoms with van der Waals surface area (Å²) in [6.45, 7) is 3.39. The van der Waals surface area contributed by atoms with Crippen LogP contribution in [0.1, 0.15) is 22.4 Å². The molecule has 1 aromatic heterocycles. The second kappa shape index (κ2) is 10.8. The normalized spacial score (nSPS) is 10.7. The molecule has 4 rings (SSSR count). The number of rotatable bonds is 8. The number of aryl methyl sites for hydroxylation is 1. The Morgan fingerprint density at radius 3 is 2.26 bits per heavy atom. The number of hydrogen-bond acceptors (Lipinski definition) is 5. The summed E-state index contributed by atoms with van der Waals surface area (Å²) in [5.41, 5.74) is 5.20. The summed E-state index contributed by atoms with van der Waals surface area (Å²) in [5, 5.41) is 9.54. The molecule has 0 amide bonds. The van der Waals surface area contributed by atoms with E-state index in [9.17, 15) is 9.65 Å². The quantitative estimate of drug-likeness (QED) is 0.296. The van der Waals surface area contributed by atoms with Gasteiger partial charge in [-0.2, -0.15) is 5.26 Å². The molecule has 1 heterocycles. The zero-order chi connectivity index (χ0) is 24.8. The number of methoxy groups -OCH3 is 1. The number of nitrogens with zero attached hydrogens (tertiary/aromatic N) is 3. The van der Waals surface area contributed by atoms with Crippen LogP contribution in [0.15, 0.2) is 78.9 Å². The third-order valence-corrected chi connectivity index (χ3v) is 5.53. The SMILES string of the molecule is COc1cc(C)ccc1CN(C)Cc1cc(C#N)nc(-c2ccc(Oc3ccc(F)cc3)cc2)c1. The zero-order valence-electron chi connectivity index (χ0n) is 20.0. The van der Waals surface area contributed by atoms with Crippen molar-refractivity contribution in [1.82, 2.24) is 9.88 Å². The van der Waals surface area contributed by atoms with E-state index in [-0.39, 0.29) is 5.82 Å². The van der Waals surface area contributed by atoms with Crippen molar-refractivity contribution >= 4 is 0 Å². The maximum Gasteiger partial charge on any atom is 0.141 e. The molecule has 6 heteroatoms. The molecule has 35 heavy (non-hydrogen) atoms. The van der Waals surface area contributed by atoms with Gasteiger partial charge >= 0.3 is 0 Å².